The maximum Gasteiger partial charge on any atom is 0.135 e. The Balaban J connectivity index is 2.04. The van der Waals surface area contributed by atoms with Gasteiger partial charge in [-0.1, -0.05) is 27.7 Å². The van der Waals surface area contributed by atoms with Gasteiger partial charge in [-0.2, -0.15) is 0 Å². The second-order valence-electron chi connectivity index (χ2n) is 5.93. The van der Waals surface area contributed by atoms with Crippen LogP contribution in [0.15, 0.2) is 6.07 Å². The number of rotatable bonds is 7. The average Bonchev–Trinajstić information content (AvgIpc) is 3.09. The summed E-state index contributed by atoms with van der Waals surface area (Å²) >= 11 is 0. The van der Waals surface area contributed by atoms with Crippen molar-refractivity contribution < 1.29 is 0 Å². The van der Waals surface area contributed by atoms with Gasteiger partial charge >= 0.3 is 0 Å². The molecule has 1 aliphatic rings. The Kier molecular flexibility index (Phi) is 4.61. The summed E-state index contributed by atoms with van der Waals surface area (Å²) in [4.78, 5) is 9.17. The molecule has 0 saturated heterocycles. The summed E-state index contributed by atoms with van der Waals surface area (Å²) in [6.07, 6.45) is 2.44. The highest BCUT2D eigenvalue weighted by Crippen LogP contribution is 2.37. The molecule has 1 aromatic rings. The predicted molar refractivity (Wildman–Crippen MR) is 80.7 cm³/mol. The second-order valence-corrected chi connectivity index (χ2v) is 5.93. The van der Waals surface area contributed by atoms with E-state index in [1.54, 1.807) is 0 Å². The number of nitrogens with zero attached hydrogens (tertiary/aromatic N) is 2. The van der Waals surface area contributed by atoms with Crippen LogP contribution < -0.4 is 10.6 Å². The fraction of sp³-hybridized carbons (Fsp3) is 0.733. The molecule has 2 atom stereocenters. The summed E-state index contributed by atoms with van der Waals surface area (Å²) in [6.45, 7) is 10.7. The molecule has 2 rings (SSSR count). The average molecular weight is 262 g/mol. The lowest BCUT2D eigenvalue weighted by atomic mass is 10.2. The summed E-state index contributed by atoms with van der Waals surface area (Å²) in [5.74, 6) is 4.85. The first kappa shape index (κ1) is 14.1. The van der Waals surface area contributed by atoms with Crippen molar-refractivity contribution in [3.63, 3.8) is 0 Å². The molecule has 1 aromatic heterocycles. The van der Waals surface area contributed by atoms with Gasteiger partial charge in [0.1, 0.15) is 17.5 Å². The van der Waals surface area contributed by atoms with Crippen LogP contribution in [0, 0.1) is 11.8 Å². The fourth-order valence-corrected chi connectivity index (χ4v) is 2.08. The molecule has 4 nitrogen and oxygen atoms in total. The number of nitrogens with one attached hydrogen (secondary N) is 2. The zero-order valence-electron chi connectivity index (χ0n) is 12.5. The molecule has 2 unspecified atom stereocenters. The van der Waals surface area contributed by atoms with Crippen molar-refractivity contribution in [2.45, 2.75) is 46.5 Å². The molecule has 106 valence electrons. The van der Waals surface area contributed by atoms with Gasteiger partial charge in [0.2, 0.25) is 0 Å². The lowest BCUT2D eigenvalue weighted by Gasteiger charge is -2.12. The lowest BCUT2D eigenvalue weighted by molar-refractivity contribution is 0.760. The zero-order valence-corrected chi connectivity index (χ0v) is 12.5. The van der Waals surface area contributed by atoms with Crippen LogP contribution in [-0.4, -0.2) is 23.1 Å². The standard InChI is InChI=1S/C15H26N4/c1-5-6-16-13-8-14(17-9-12-7-11(12)4)19-15(18-13)10(2)3/h8,10-12H,5-7,9H2,1-4H3,(H2,16,17,18,19). The molecule has 1 fully saturated rings. The van der Waals surface area contributed by atoms with Crippen LogP contribution in [0.1, 0.15) is 52.3 Å². The maximum atomic E-state index is 4.60. The molecule has 19 heavy (non-hydrogen) atoms. The minimum absolute atomic E-state index is 0.351. The number of hydrogen-bond donors (Lipinski definition) is 2. The van der Waals surface area contributed by atoms with Gasteiger partial charge in [0.15, 0.2) is 0 Å². The maximum absolute atomic E-state index is 4.60. The first-order chi connectivity index (χ1) is 9.10. The summed E-state index contributed by atoms with van der Waals surface area (Å²) < 4.78 is 0. The summed E-state index contributed by atoms with van der Waals surface area (Å²) in [5.41, 5.74) is 0. The first-order valence-corrected chi connectivity index (χ1v) is 7.46. The van der Waals surface area contributed by atoms with E-state index in [-0.39, 0.29) is 0 Å². The molecule has 1 aliphatic carbocycles. The monoisotopic (exact) mass is 262 g/mol. The Bertz CT molecular complexity index is 417. The van der Waals surface area contributed by atoms with Gasteiger partial charge in [-0.3, -0.25) is 0 Å². The van der Waals surface area contributed by atoms with Crippen molar-refractivity contribution in [2.24, 2.45) is 11.8 Å². The van der Waals surface area contributed by atoms with Crippen LogP contribution in [0.4, 0.5) is 11.6 Å². The van der Waals surface area contributed by atoms with Gasteiger partial charge in [0, 0.05) is 25.1 Å². The molecule has 0 aromatic carbocycles. The van der Waals surface area contributed by atoms with E-state index in [1.807, 2.05) is 6.07 Å². The quantitative estimate of drug-likeness (QED) is 0.789. The van der Waals surface area contributed by atoms with Crippen molar-refractivity contribution in [3.8, 4) is 0 Å². The van der Waals surface area contributed by atoms with E-state index in [0.717, 1.165) is 48.8 Å². The molecule has 2 N–H and O–H groups in total. The summed E-state index contributed by atoms with van der Waals surface area (Å²) in [5, 5.41) is 6.81. The Hall–Kier alpha value is -1.32. The van der Waals surface area contributed by atoms with Crippen molar-refractivity contribution in [1.29, 1.82) is 0 Å². The first-order valence-electron chi connectivity index (χ1n) is 7.46. The fourth-order valence-electron chi connectivity index (χ4n) is 2.08. The smallest absolute Gasteiger partial charge is 0.135 e. The zero-order chi connectivity index (χ0) is 13.8. The van der Waals surface area contributed by atoms with Gasteiger partial charge < -0.3 is 10.6 Å². The Morgan fingerprint density at radius 2 is 1.89 bits per heavy atom. The van der Waals surface area contributed by atoms with Crippen molar-refractivity contribution in [3.05, 3.63) is 11.9 Å². The largest absolute Gasteiger partial charge is 0.370 e. The van der Waals surface area contributed by atoms with Crippen molar-refractivity contribution in [1.82, 2.24) is 9.97 Å². The minimum atomic E-state index is 0.351. The minimum Gasteiger partial charge on any atom is -0.370 e. The third-order valence-corrected chi connectivity index (χ3v) is 3.64. The van der Waals surface area contributed by atoms with Gasteiger partial charge in [0.25, 0.3) is 0 Å². The topological polar surface area (TPSA) is 49.8 Å². The van der Waals surface area contributed by atoms with Crippen LogP contribution >= 0.6 is 0 Å². The van der Waals surface area contributed by atoms with Crippen LogP contribution in [-0.2, 0) is 0 Å². The predicted octanol–water partition coefficient (Wildman–Crippen LogP) is 3.49. The number of hydrogen-bond acceptors (Lipinski definition) is 4. The van der Waals surface area contributed by atoms with E-state index in [2.05, 4.69) is 48.3 Å². The second kappa shape index (κ2) is 6.22. The molecule has 1 saturated carbocycles. The van der Waals surface area contributed by atoms with Crippen molar-refractivity contribution in [2.75, 3.05) is 23.7 Å². The van der Waals surface area contributed by atoms with Crippen LogP contribution in [0.2, 0.25) is 0 Å². The SMILES string of the molecule is CCCNc1cc(NCC2CC2C)nc(C(C)C)n1. The van der Waals surface area contributed by atoms with Crippen LogP contribution in [0.3, 0.4) is 0 Å². The molecule has 4 heteroatoms. The molecule has 0 amide bonds. The molecule has 0 aliphatic heterocycles. The van der Waals surface area contributed by atoms with E-state index in [1.165, 1.54) is 6.42 Å². The Morgan fingerprint density at radius 1 is 1.26 bits per heavy atom. The van der Waals surface area contributed by atoms with E-state index >= 15 is 0 Å². The molecule has 0 bridgehead atoms. The molecule has 0 radical (unpaired) electrons. The van der Waals surface area contributed by atoms with Gasteiger partial charge in [-0.05, 0) is 24.7 Å². The Labute approximate surface area is 116 Å². The normalized spacial score (nSPS) is 21.5. The van der Waals surface area contributed by atoms with Gasteiger partial charge in [-0.15, -0.1) is 0 Å². The highest BCUT2D eigenvalue weighted by Gasteiger charge is 2.31. The van der Waals surface area contributed by atoms with Crippen LogP contribution in [0.25, 0.3) is 0 Å². The number of aromatic nitrogens is 2. The number of anilines is 2. The highest BCUT2D eigenvalue weighted by molar-refractivity contribution is 5.48. The van der Waals surface area contributed by atoms with Gasteiger partial charge in [-0.25, -0.2) is 9.97 Å². The van der Waals surface area contributed by atoms with Crippen molar-refractivity contribution >= 4 is 11.6 Å². The van der Waals surface area contributed by atoms with E-state index in [4.69, 9.17) is 0 Å². The third-order valence-electron chi connectivity index (χ3n) is 3.64. The molecular formula is C15H26N4. The molecule has 0 spiro atoms. The Morgan fingerprint density at radius 3 is 2.42 bits per heavy atom. The lowest BCUT2D eigenvalue weighted by Crippen LogP contribution is -2.11. The van der Waals surface area contributed by atoms with E-state index in [0.29, 0.717) is 5.92 Å². The summed E-state index contributed by atoms with van der Waals surface area (Å²) in [6, 6.07) is 2.02. The van der Waals surface area contributed by atoms with E-state index in [9.17, 15) is 0 Å². The van der Waals surface area contributed by atoms with Gasteiger partial charge in [0.05, 0.1) is 0 Å². The molecular weight excluding hydrogens is 236 g/mol. The van der Waals surface area contributed by atoms with E-state index < -0.39 is 0 Å². The third kappa shape index (κ3) is 4.08. The van der Waals surface area contributed by atoms with Crippen LogP contribution in [0.5, 0.6) is 0 Å². The summed E-state index contributed by atoms with van der Waals surface area (Å²) in [7, 11) is 0. The highest BCUT2D eigenvalue weighted by atomic mass is 15.1. The molecule has 1 heterocycles.